The summed E-state index contributed by atoms with van der Waals surface area (Å²) in [5.74, 6) is -0.180. The fourth-order valence-electron chi connectivity index (χ4n) is 3.66. The van der Waals surface area contributed by atoms with Crippen molar-refractivity contribution < 1.29 is 4.74 Å². The molecule has 1 aromatic heterocycles. The van der Waals surface area contributed by atoms with Crippen molar-refractivity contribution in [1.29, 1.82) is 5.26 Å². The summed E-state index contributed by atoms with van der Waals surface area (Å²) in [6.07, 6.45) is 0. The van der Waals surface area contributed by atoms with Gasteiger partial charge in [0.2, 0.25) is 5.88 Å². The summed E-state index contributed by atoms with van der Waals surface area (Å²) in [6, 6.07) is 20.7. The summed E-state index contributed by atoms with van der Waals surface area (Å²) in [4.78, 5) is 13.6. The maximum atomic E-state index is 13.6. The molecule has 6 heteroatoms. The molecular formula is C23H18ClN3O2. The Labute approximate surface area is 173 Å². The first-order valence-electron chi connectivity index (χ1n) is 9.11. The van der Waals surface area contributed by atoms with Crippen LogP contribution in [0.3, 0.4) is 0 Å². The van der Waals surface area contributed by atoms with Crippen LogP contribution in [0.25, 0.3) is 0 Å². The Morgan fingerprint density at radius 1 is 1.17 bits per heavy atom. The van der Waals surface area contributed by atoms with E-state index < -0.39 is 5.92 Å². The smallest absolute Gasteiger partial charge is 0.259 e. The number of pyridine rings is 1. The van der Waals surface area contributed by atoms with E-state index in [4.69, 9.17) is 22.1 Å². The molecule has 0 amide bonds. The zero-order chi connectivity index (χ0) is 20.5. The van der Waals surface area contributed by atoms with E-state index in [1.54, 1.807) is 16.7 Å². The molecule has 0 radical (unpaired) electrons. The molecule has 0 spiro atoms. The first-order chi connectivity index (χ1) is 14.0. The highest BCUT2D eigenvalue weighted by molar-refractivity contribution is 6.31. The number of benzene rings is 2. The van der Waals surface area contributed by atoms with Crippen molar-refractivity contribution >= 4 is 11.6 Å². The average molecular weight is 404 g/mol. The van der Waals surface area contributed by atoms with Crippen LogP contribution in [0.4, 0.5) is 0 Å². The molecule has 1 aliphatic rings. The molecule has 144 valence electrons. The molecule has 2 N–H and O–H groups in total. The summed E-state index contributed by atoms with van der Waals surface area (Å²) in [5.41, 5.74) is 8.79. The minimum Gasteiger partial charge on any atom is -0.440 e. The van der Waals surface area contributed by atoms with Gasteiger partial charge in [-0.2, -0.15) is 5.26 Å². The van der Waals surface area contributed by atoms with Gasteiger partial charge in [-0.05, 0) is 24.1 Å². The maximum absolute atomic E-state index is 13.6. The second-order valence-electron chi connectivity index (χ2n) is 6.88. The molecule has 5 nitrogen and oxygen atoms in total. The van der Waals surface area contributed by atoms with Crippen LogP contribution in [0.1, 0.15) is 28.3 Å². The van der Waals surface area contributed by atoms with Crippen LogP contribution < -0.4 is 16.0 Å². The van der Waals surface area contributed by atoms with Crippen LogP contribution in [0.15, 0.2) is 76.9 Å². The van der Waals surface area contributed by atoms with Crippen molar-refractivity contribution in [2.75, 3.05) is 0 Å². The second-order valence-corrected chi connectivity index (χ2v) is 7.29. The lowest BCUT2D eigenvalue weighted by Gasteiger charge is -2.27. The Morgan fingerprint density at radius 3 is 2.55 bits per heavy atom. The monoisotopic (exact) mass is 403 g/mol. The van der Waals surface area contributed by atoms with E-state index >= 15 is 0 Å². The number of nitriles is 1. The zero-order valence-corrected chi connectivity index (χ0v) is 16.5. The average Bonchev–Trinajstić information content (AvgIpc) is 2.72. The number of aryl methyl sites for hydroxylation is 1. The first kappa shape index (κ1) is 18.9. The van der Waals surface area contributed by atoms with E-state index in [1.807, 2.05) is 55.5 Å². The van der Waals surface area contributed by atoms with Gasteiger partial charge in [0.05, 0.1) is 18.0 Å². The molecule has 3 aromatic rings. The van der Waals surface area contributed by atoms with Gasteiger partial charge in [-0.1, -0.05) is 60.1 Å². The lowest BCUT2D eigenvalue weighted by atomic mass is 9.84. The summed E-state index contributed by atoms with van der Waals surface area (Å²) in [5, 5.41) is 10.3. The van der Waals surface area contributed by atoms with E-state index in [-0.39, 0.29) is 17.0 Å². The van der Waals surface area contributed by atoms with E-state index in [0.29, 0.717) is 28.6 Å². The molecule has 0 saturated carbocycles. The quantitative estimate of drug-likeness (QED) is 0.714. The van der Waals surface area contributed by atoms with Crippen molar-refractivity contribution in [2.24, 2.45) is 5.73 Å². The zero-order valence-electron chi connectivity index (χ0n) is 15.7. The van der Waals surface area contributed by atoms with Crippen molar-refractivity contribution in [1.82, 2.24) is 4.57 Å². The lowest BCUT2D eigenvalue weighted by Crippen LogP contribution is -2.33. The maximum Gasteiger partial charge on any atom is 0.259 e. The largest absolute Gasteiger partial charge is 0.440 e. The molecule has 2 aromatic carbocycles. The lowest BCUT2D eigenvalue weighted by molar-refractivity contribution is 0.389. The fraction of sp³-hybridized carbons (Fsp3) is 0.130. The third kappa shape index (κ3) is 3.28. The van der Waals surface area contributed by atoms with E-state index in [0.717, 1.165) is 11.1 Å². The fourth-order valence-corrected chi connectivity index (χ4v) is 3.85. The third-order valence-electron chi connectivity index (χ3n) is 5.11. The van der Waals surface area contributed by atoms with Crippen LogP contribution in [0, 0.1) is 18.3 Å². The molecule has 0 aliphatic carbocycles. The Balaban J connectivity index is 1.93. The highest BCUT2D eigenvalue weighted by atomic mass is 35.5. The van der Waals surface area contributed by atoms with E-state index in [9.17, 15) is 10.1 Å². The molecular weight excluding hydrogens is 386 g/mol. The van der Waals surface area contributed by atoms with Gasteiger partial charge in [0.25, 0.3) is 5.56 Å². The molecule has 0 fully saturated rings. The molecule has 0 bridgehead atoms. The standard InChI is InChI=1S/C23H18ClN3O2/c1-14-11-19-21(23(28)27(14)13-16-9-5-6-10-18(16)24)20(15-7-3-2-4-8-15)17(12-25)22(26)29-19/h2-11,20H,13,26H2,1H3/t20-/m1/s1. The van der Waals surface area contributed by atoms with Crippen LogP contribution in [-0.4, -0.2) is 4.57 Å². The highest BCUT2D eigenvalue weighted by Gasteiger charge is 2.34. The predicted molar refractivity (Wildman–Crippen MR) is 112 cm³/mol. The Hall–Kier alpha value is -3.49. The van der Waals surface area contributed by atoms with E-state index in [2.05, 4.69) is 6.07 Å². The summed E-state index contributed by atoms with van der Waals surface area (Å²) < 4.78 is 7.32. The topological polar surface area (TPSA) is 81.0 Å². The number of rotatable bonds is 3. The van der Waals surface area contributed by atoms with Gasteiger partial charge < -0.3 is 15.0 Å². The van der Waals surface area contributed by atoms with Gasteiger partial charge in [-0.15, -0.1) is 0 Å². The number of hydrogen-bond acceptors (Lipinski definition) is 4. The Morgan fingerprint density at radius 2 is 1.86 bits per heavy atom. The number of aromatic nitrogens is 1. The SMILES string of the molecule is Cc1cc2c(c(=O)n1Cc1ccccc1Cl)[C@H](c1ccccc1)C(C#N)=C(N)O2. The number of nitrogens with zero attached hydrogens (tertiary/aromatic N) is 2. The Kier molecular flexibility index (Phi) is 4.87. The van der Waals surface area contributed by atoms with Gasteiger partial charge >= 0.3 is 0 Å². The van der Waals surface area contributed by atoms with Crippen LogP contribution in [-0.2, 0) is 6.54 Å². The summed E-state index contributed by atoms with van der Waals surface area (Å²) >= 11 is 6.30. The van der Waals surface area contributed by atoms with Crippen molar-refractivity contribution in [3.05, 3.63) is 110 Å². The number of allylic oxidation sites excluding steroid dienone is 1. The first-order valence-corrected chi connectivity index (χ1v) is 9.49. The number of fused-ring (bicyclic) bond motifs is 1. The molecule has 1 atom stereocenters. The molecule has 2 heterocycles. The Bertz CT molecular complexity index is 1220. The second kappa shape index (κ2) is 7.50. The molecule has 4 rings (SSSR count). The van der Waals surface area contributed by atoms with Crippen LogP contribution >= 0.6 is 11.6 Å². The van der Waals surface area contributed by atoms with Gasteiger partial charge in [-0.3, -0.25) is 4.79 Å². The van der Waals surface area contributed by atoms with Crippen molar-refractivity contribution in [3.8, 4) is 11.8 Å². The summed E-state index contributed by atoms with van der Waals surface area (Å²) in [7, 11) is 0. The third-order valence-corrected chi connectivity index (χ3v) is 5.48. The number of nitrogens with two attached hydrogens (primary N) is 1. The van der Waals surface area contributed by atoms with Crippen LogP contribution in [0.5, 0.6) is 5.75 Å². The minimum atomic E-state index is -0.587. The van der Waals surface area contributed by atoms with Crippen LogP contribution in [0.2, 0.25) is 5.02 Å². The summed E-state index contributed by atoms with van der Waals surface area (Å²) in [6.45, 7) is 2.15. The van der Waals surface area contributed by atoms with Gasteiger partial charge in [-0.25, -0.2) is 0 Å². The van der Waals surface area contributed by atoms with Crippen molar-refractivity contribution in [3.63, 3.8) is 0 Å². The minimum absolute atomic E-state index is 0.0245. The van der Waals surface area contributed by atoms with Gasteiger partial charge in [0.15, 0.2) is 0 Å². The normalized spacial score (nSPS) is 15.4. The van der Waals surface area contributed by atoms with Crippen molar-refractivity contribution in [2.45, 2.75) is 19.4 Å². The molecule has 0 unspecified atom stereocenters. The predicted octanol–water partition coefficient (Wildman–Crippen LogP) is 4.08. The molecule has 29 heavy (non-hydrogen) atoms. The number of halogens is 1. The number of ether oxygens (including phenoxy) is 1. The number of hydrogen-bond donors (Lipinski definition) is 1. The molecule has 1 aliphatic heterocycles. The van der Waals surface area contributed by atoms with Gasteiger partial charge in [0, 0.05) is 16.8 Å². The highest BCUT2D eigenvalue weighted by Crippen LogP contribution is 2.40. The van der Waals surface area contributed by atoms with Gasteiger partial charge in [0.1, 0.15) is 17.4 Å². The van der Waals surface area contributed by atoms with E-state index in [1.165, 1.54) is 0 Å². The molecule has 0 saturated heterocycles.